The van der Waals surface area contributed by atoms with Crippen LogP contribution in [0.15, 0.2) is 24.3 Å². The van der Waals surface area contributed by atoms with Crippen molar-refractivity contribution in [2.45, 2.75) is 31.7 Å². The third-order valence-corrected chi connectivity index (χ3v) is 4.35. The predicted octanol–water partition coefficient (Wildman–Crippen LogP) is 3.22. The lowest BCUT2D eigenvalue weighted by Gasteiger charge is -2.25. The van der Waals surface area contributed by atoms with Crippen LogP contribution in [0.1, 0.15) is 35.8 Å². The first-order valence-corrected chi connectivity index (χ1v) is 7.80. The molecule has 0 amide bonds. The molecule has 1 unspecified atom stereocenters. The molecule has 1 atom stereocenters. The smallest absolute Gasteiger partial charge is 0.203 e. The van der Waals surface area contributed by atoms with Crippen molar-refractivity contribution < 1.29 is 4.74 Å². The molecular formula is C15H19N3OS. The van der Waals surface area contributed by atoms with Crippen LogP contribution in [-0.2, 0) is 17.6 Å². The van der Waals surface area contributed by atoms with Gasteiger partial charge >= 0.3 is 0 Å². The van der Waals surface area contributed by atoms with Crippen LogP contribution in [-0.4, -0.2) is 23.1 Å². The van der Waals surface area contributed by atoms with Crippen molar-refractivity contribution in [3.05, 3.63) is 41.2 Å². The number of rotatable bonds is 5. The summed E-state index contributed by atoms with van der Waals surface area (Å²) in [6.07, 6.45) is 4.34. The van der Waals surface area contributed by atoms with Crippen LogP contribution < -0.4 is 5.32 Å². The van der Waals surface area contributed by atoms with Gasteiger partial charge in [-0.1, -0.05) is 24.3 Å². The van der Waals surface area contributed by atoms with Gasteiger partial charge in [-0.05, 0) is 30.4 Å². The van der Waals surface area contributed by atoms with Crippen LogP contribution in [0.4, 0.5) is 5.13 Å². The van der Waals surface area contributed by atoms with E-state index in [0.29, 0.717) is 12.6 Å². The number of aromatic nitrogens is 2. The molecule has 1 aliphatic carbocycles. The highest BCUT2D eigenvalue weighted by Gasteiger charge is 2.20. The first-order valence-electron chi connectivity index (χ1n) is 7.02. The quantitative estimate of drug-likeness (QED) is 0.918. The first kappa shape index (κ1) is 13.5. The van der Waals surface area contributed by atoms with Crippen molar-refractivity contribution in [1.82, 2.24) is 9.36 Å². The maximum atomic E-state index is 5.06. The molecule has 0 saturated carbocycles. The Labute approximate surface area is 123 Å². The van der Waals surface area contributed by atoms with E-state index in [1.807, 2.05) is 0 Å². The Kier molecular flexibility index (Phi) is 4.28. The van der Waals surface area contributed by atoms with E-state index >= 15 is 0 Å². The summed E-state index contributed by atoms with van der Waals surface area (Å²) in [5, 5.41) is 4.45. The fraction of sp³-hybridized carbons (Fsp3) is 0.467. The zero-order chi connectivity index (χ0) is 13.8. The number of ether oxygens (including phenoxy) is 1. The zero-order valence-electron chi connectivity index (χ0n) is 11.6. The molecule has 0 fully saturated rings. The lowest BCUT2D eigenvalue weighted by Crippen LogP contribution is -2.17. The third kappa shape index (κ3) is 2.99. The van der Waals surface area contributed by atoms with Gasteiger partial charge in [0.15, 0.2) is 0 Å². The fourth-order valence-electron chi connectivity index (χ4n) is 2.66. The number of hydrogen-bond acceptors (Lipinski definition) is 5. The number of anilines is 1. The second-order valence-corrected chi connectivity index (χ2v) is 5.80. The summed E-state index contributed by atoms with van der Waals surface area (Å²) < 4.78 is 9.42. The van der Waals surface area contributed by atoms with Gasteiger partial charge < -0.3 is 10.1 Å². The van der Waals surface area contributed by atoms with E-state index in [2.05, 4.69) is 38.9 Å². The molecule has 20 heavy (non-hydrogen) atoms. The molecule has 106 valence electrons. The van der Waals surface area contributed by atoms with Crippen molar-refractivity contribution in [3.63, 3.8) is 0 Å². The van der Waals surface area contributed by atoms with Crippen LogP contribution in [0.2, 0.25) is 0 Å². The molecule has 0 bridgehead atoms. The molecule has 1 aromatic carbocycles. The molecule has 1 aliphatic rings. The van der Waals surface area contributed by atoms with Crippen LogP contribution in [0, 0.1) is 0 Å². The van der Waals surface area contributed by atoms with E-state index in [9.17, 15) is 0 Å². The van der Waals surface area contributed by atoms with Crippen molar-refractivity contribution >= 4 is 16.7 Å². The molecule has 0 spiro atoms. The second-order valence-electron chi connectivity index (χ2n) is 5.05. The average molecular weight is 289 g/mol. The predicted molar refractivity (Wildman–Crippen MR) is 81.2 cm³/mol. The van der Waals surface area contributed by atoms with Crippen LogP contribution in [0.25, 0.3) is 0 Å². The maximum absolute atomic E-state index is 5.06. The highest BCUT2D eigenvalue weighted by atomic mass is 32.1. The van der Waals surface area contributed by atoms with Gasteiger partial charge in [-0.2, -0.15) is 4.37 Å². The summed E-state index contributed by atoms with van der Waals surface area (Å²) in [7, 11) is 1.70. The van der Waals surface area contributed by atoms with Gasteiger partial charge in [-0.25, -0.2) is 4.98 Å². The Balaban J connectivity index is 1.71. The van der Waals surface area contributed by atoms with Crippen molar-refractivity contribution in [1.29, 1.82) is 0 Å². The SMILES string of the molecule is COCCc1nsc(NC2CCCc3ccccc32)n1. The molecule has 0 aliphatic heterocycles. The van der Waals surface area contributed by atoms with Crippen LogP contribution >= 0.6 is 11.5 Å². The molecule has 1 aromatic heterocycles. The highest BCUT2D eigenvalue weighted by molar-refractivity contribution is 7.09. The number of nitrogens with one attached hydrogen (secondary N) is 1. The van der Waals surface area contributed by atoms with E-state index < -0.39 is 0 Å². The minimum Gasteiger partial charge on any atom is -0.384 e. The Morgan fingerprint density at radius 3 is 3.20 bits per heavy atom. The number of aryl methyl sites for hydroxylation is 1. The normalized spacial score (nSPS) is 17.8. The van der Waals surface area contributed by atoms with E-state index in [0.717, 1.165) is 23.8 Å². The van der Waals surface area contributed by atoms with Gasteiger partial charge in [-0.15, -0.1) is 0 Å². The van der Waals surface area contributed by atoms with Crippen molar-refractivity contribution in [2.24, 2.45) is 0 Å². The molecule has 4 nitrogen and oxygen atoms in total. The van der Waals surface area contributed by atoms with Gasteiger partial charge in [-0.3, -0.25) is 0 Å². The summed E-state index contributed by atoms with van der Waals surface area (Å²) in [4.78, 5) is 4.53. The first-order chi connectivity index (χ1) is 9.86. The Morgan fingerprint density at radius 1 is 1.40 bits per heavy atom. The summed E-state index contributed by atoms with van der Waals surface area (Å²) in [5.74, 6) is 0.864. The molecule has 0 saturated heterocycles. The van der Waals surface area contributed by atoms with Crippen LogP contribution in [0.5, 0.6) is 0 Å². The average Bonchev–Trinajstić information content (AvgIpc) is 2.93. The van der Waals surface area contributed by atoms with E-state index in [-0.39, 0.29) is 0 Å². The minimum absolute atomic E-state index is 0.364. The van der Waals surface area contributed by atoms with Crippen molar-refractivity contribution in [2.75, 3.05) is 19.0 Å². The Hall–Kier alpha value is -1.46. The Bertz CT molecular complexity index is 570. The third-order valence-electron chi connectivity index (χ3n) is 3.67. The number of methoxy groups -OCH3 is 1. The number of nitrogens with zero attached hydrogens (tertiary/aromatic N) is 2. The molecular weight excluding hydrogens is 270 g/mol. The standard InChI is InChI=1S/C15H19N3OS/c1-19-10-9-14-17-15(20-18-14)16-13-8-4-6-11-5-2-3-7-12(11)13/h2-3,5,7,13H,4,6,8-10H2,1H3,(H,16,17,18). The summed E-state index contributed by atoms with van der Waals surface area (Å²) in [5.41, 5.74) is 2.87. The van der Waals surface area contributed by atoms with Crippen LogP contribution in [0.3, 0.4) is 0 Å². The second kappa shape index (κ2) is 6.33. The molecule has 2 aromatic rings. The summed E-state index contributed by atoms with van der Waals surface area (Å²) in [6.45, 7) is 0.669. The highest BCUT2D eigenvalue weighted by Crippen LogP contribution is 2.32. The molecule has 0 radical (unpaired) electrons. The monoisotopic (exact) mass is 289 g/mol. The van der Waals surface area contributed by atoms with E-state index in [4.69, 9.17) is 4.74 Å². The van der Waals surface area contributed by atoms with Gasteiger partial charge in [0.1, 0.15) is 5.82 Å². The fourth-order valence-corrected chi connectivity index (χ4v) is 3.33. The maximum Gasteiger partial charge on any atom is 0.203 e. The van der Waals surface area contributed by atoms with E-state index in [1.165, 1.54) is 35.5 Å². The lowest BCUT2D eigenvalue weighted by molar-refractivity contribution is 0.201. The Morgan fingerprint density at radius 2 is 2.30 bits per heavy atom. The number of fused-ring (bicyclic) bond motifs is 1. The van der Waals surface area contributed by atoms with Crippen molar-refractivity contribution in [3.8, 4) is 0 Å². The number of benzene rings is 1. The van der Waals surface area contributed by atoms with Gasteiger partial charge in [0.05, 0.1) is 12.6 Å². The van der Waals surface area contributed by atoms with Gasteiger partial charge in [0.2, 0.25) is 5.13 Å². The summed E-state index contributed by atoms with van der Waals surface area (Å²) >= 11 is 1.44. The summed E-state index contributed by atoms with van der Waals surface area (Å²) in [6, 6.07) is 9.05. The molecule has 5 heteroatoms. The lowest BCUT2D eigenvalue weighted by atomic mass is 9.88. The van der Waals surface area contributed by atoms with Gasteiger partial charge in [0, 0.05) is 25.1 Å². The molecule has 1 N–H and O–H groups in total. The topological polar surface area (TPSA) is 47.0 Å². The number of hydrogen-bond donors (Lipinski definition) is 1. The molecule has 1 heterocycles. The minimum atomic E-state index is 0.364. The zero-order valence-corrected chi connectivity index (χ0v) is 12.4. The largest absolute Gasteiger partial charge is 0.384 e. The van der Waals surface area contributed by atoms with Gasteiger partial charge in [0.25, 0.3) is 0 Å². The molecule has 3 rings (SSSR count). The van der Waals surface area contributed by atoms with E-state index in [1.54, 1.807) is 7.11 Å².